The fraction of sp³-hybridized carbons (Fsp3) is 0.407. The van der Waals surface area contributed by atoms with Gasteiger partial charge in [-0.05, 0) is 54.5 Å². The van der Waals surface area contributed by atoms with Gasteiger partial charge >= 0.3 is 0 Å². The molecule has 5 nitrogen and oxygen atoms in total. The first-order valence-electron chi connectivity index (χ1n) is 12.1. The Morgan fingerprint density at radius 1 is 1.03 bits per heavy atom. The maximum atomic E-state index is 5.51. The quantitative estimate of drug-likeness (QED) is 0.295. The summed E-state index contributed by atoms with van der Waals surface area (Å²) in [6, 6.07) is 15.0. The lowest BCUT2D eigenvalue weighted by atomic mass is 9.84. The van der Waals surface area contributed by atoms with Crippen LogP contribution in [0.15, 0.2) is 57.9 Å². The Hall–Kier alpha value is -2.86. The Labute approximate surface area is 199 Å². The number of hydrogen-bond acceptors (Lipinski definition) is 5. The standard InChI is InChI=1S/C27H31N3O2S/c1-2-3-15-28-27-30(29-17-20-9-14-25-26(16-20)32-19-31-25)24(18-33-27)23-12-10-22(11-13-23)21-7-5-4-6-8-21/h9-14,16-18,21H,2-8,15,19H2,1H3/b28-27?,29-17+. The third-order valence-electron chi connectivity index (χ3n) is 6.45. The van der Waals surface area contributed by atoms with E-state index in [1.807, 2.05) is 29.1 Å². The van der Waals surface area contributed by atoms with E-state index in [2.05, 4.69) is 36.6 Å². The van der Waals surface area contributed by atoms with Crippen LogP contribution >= 0.6 is 11.3 Å². The van der Waals surface area contributed by atoms with Crippen molar-refractivity contribution in [3.63, 3.8) is 0 Å². The maximum Gasteiger partial charge on any atom is 0.231 e. The SMILES string of the molecule is CCCCN=c1scc(-c2ccc(C3CCCCC3)cc2)n1/N=C/c1ccc2c(c1)OCO2. The molecule has 1 aliphatic carbocycles. The summed E-state index contributed by atoms with van der Waals surface area (Å²) >= 11 is 1.65. The summed E-state index contributed by atoms with van der Waals surface area (Å²) in [5.74, 6) is 2.26. The molecule has 0 radical (unpaired) electrons. The van der Waals surface area contributed by atoms with Crippen molar-refractivity contribution in [2.24, 2.45) is 10.1 Å². The molecule has 1 aliphatic heterocycles. The largest absolute Gasteiger partial charge is 0.454 e. The Morgan fingerprint density at radius 3 is 2.67 bits per heavy atom. The van der Waals surface area contributed by atoms with Gasteiger partial charge in [0.2, 0.25) is 11.6 Å². The van der Waals surface area contributed by atoms with Crippen molar-refractivity contribution >= 4 is 17.6 Å². The van der Waals surface area contributed by atoms with Gasteiger partial charge in [-0.3, -0.25) is 4.99 Å². The van der Waals surface area contributed by atoms with E-state index in [0.29, 0.717) is 5.92 Å². The topological polar surface area (TPSA) is 48.1 Å². The van der Waals surface area contributed by atoms with E-state index < -0.39 is 0 Å². The number of nitrogens with zero attached hydrogens (tertiary/aromatic N) is 3. The van der Waals surface area contributed by atoms with Crippen LogP contribution < -0.4 is 14.3 Å². The normalized spacial score (nSPS) is 16.7. The van der Waals surface area contributed by atoms with Crippen molar-refractivity contribution in [3.05, 3.63) is 63.8 Å². The second kappa shape index (κ2) is 10.4. The summed E-state index contributed by atoms with van der Waals surface area (Å²) in [4.78, 5) is 5.75. The average molecular weight is 462 g/mol. The first-order chi connectivity index (χ1) is 16.3. The van der Waals surface area contributed by atoms with E-state index in [4.69, 9.17) is 19.6 Å². The molecule has 0 saturated heterocycles. The van der Waals surface area contributed by atoms with Crippen LogP contribution in [0.4, 0.5) is 0 Å². The molecule has 6 heteroatoms. The number of hydrogen-bond donors (Lipinski definition) is 0. The van der Waals surface area contributed by atoms with Crippen LogP contribution in [0.1, 0.15) is 68.9 Å². The average Bonchev–Trinajstić information content (AvgIpc) is 3.50. The highest BCUT2D eigenvalue weighted by molar-refractivity contribution is 7.07. The van der Waals surface area contributed by atoms with E-state index in [1.165, 1.54) is 43.2 Å². The van der Waals surface area contributed by atoms with Crippen LogP contribution in [0.3, 0.4) is 0 Å². The van der Waals surface area contributed by atoms with Gasteiger partial charge in [0.15, 0.2) is 11.5 Å². The fourth-order valence-corrected chi connectivity index (χ4v) is 5.39. The first-order valence-corrected chi connectivity index (χ1v) is 12.9. The van der Waals surface area contributed by atoms with Crippen LogP contribution in [0.25, 0.3) is 11.3 Å². The lowest BCUT2D eigenvalue weighted by molar-refractivity contribution is 0.174. The second-order valence-corrected chi connectivity index (χ2v) is 9.60. The van der Waals surface area contributed by atoms with Crippen molar-refractivity contribution in [2.45, 2.75) is 57.8 Å². The highest BCUT2D eigenvalue weighted by Crippen LogP contribution is 2.34. The minimum absolute atomic E-state index is 0.274. The molecule has 2 aliphatic rings. The van der Waals surface area contributed by atoms with E-state index in [-0.39, 0.29) is 6.79 Å². The number of rotatable bonds is 7. The zero-order valence-electron chi connectivity index (χ0n) is 19.2. The minimum atomic E-state index is 0.274. The van der Waals surface area contributed by atoms with E-state index in [9.17, 15) is 0 Å². The molecule has 3 aromatic rings. The third-order valence-corrected chi connectivity index (χ3v) is 7.30. The minimum Gasteiger partial charge on any atom is -0.454 e. The zero-order chi connectivity index (χ0) is 22.5. The molecule has 2 heterocycles. The smallest absolute Gasteiger partial charge is 0.231 e. The van der Waals surface area contributed by atoms with Crippen LogP contribution in [-0.2, 0) is 0 Å². The molecule has 1 aromatic heterocycles. The van der Waals surface area contributed by atoms with Gasteiger partial charge < -0.3 is 9.47 Å². The number of benzene rings is 2. The van der Waals surface area contributed by atoms with Gasteiger partial charge in [-0.1, -0.05) is 56.9 Å². The summed E-state index contributed by atoms with van der Waals surface area (Å²) in [7, 11) is 0. The van der Waals surface area contributed by atoms with E-state index in [1.54, 1.807) is 11.3 Å². The molecule has 5 rings (SSSR count). The van der Waals surface area contributed by atoms with Crippen molar-refractivity contribution < 1.29 is 9.47 Å². The molecule has 172 valence electrons. The molecule has 0 bridgehead atoms. The van der Waals surface area contributed by atoms with Gasteiger partial charge in [0, 0.05) is 17.5 Å². The lowest BCUT2D eigenvalue weighted by Crippen LogP contribution is -2.13. The molecular formula is C27H31N3O2S. The summed E-state index contributed by atoms with van der Waals surface area (Å²) in [6.45, 7) is 3.28. The molecule has 0 spiro atoms. The second-order valence-electron chi connectivity index (χ2n) is 8.76. The molecule has 1 saturated carbocycles. The molecule has 2 aromatic carbocycles. The van der Waals surface area contributed by atoms with Crippen molar-refractivity contribution in [1.82, 2.24) is 4.68 Å². The van der Waals surface area contributed by atoms with Crippen molar-refractivity contribution in [3.8, 4) is 22.8 Å². The zero-order valence-corrected chi connectivity index (χ0v) is 20.0. The molecule has 0 atom stereocenters. The van der Waals surface area contributed by atoms with Crippen LogP contribution in [0.5, 0.6) is 11.5 Å². The maximum absolute atomic E-state index is 5.51. The molecule has 0 amide bonds. The van der Waals surface area contributed by atoms with Gasteiger partial charge in [0.25, 0.3) is 0 Å². The summed E-state index contributed by atoms with van der Waals surface area (Å²) < 4.78 is 12.9. The monoisotopic (exact) mass is 461 g/mol. The van der Waals surface area contributed by atoms with E-state index in [0.717, 1.165) is 46.9 Å². The highest BCUT2D eigenvalue weighted by Gasteiger charge is 2.16. The number of aromatic nitrogens is 1. The third kappa shape index (κ3) is 5.06. The van der Waals surface area contributed by atoms with Crippen molar-refractivity contribution in [1.29, 1.82) is 0 Å². The molecular weight excluding hydrogens is 430 g/mol. The number of thiazole rings is 1. The Bertz CT molecular complexity index is 1170. The number of unbranched alkanes of at least 4 members (excludes halogenated alkanes) is 1. The molecule has 1 fully saturated rings. The predicted molar refractivity (Wildman–Crippen MR) is 134 cm³/mol. The molecule has 0 N–H and O–H groups in total. The number of fused-ring (bicyclic) bond motifs is 1. The molecule has 0 unspecified atom stereocenters. The Morgan fingerprint density at radius 2 is 1.85 bits per heavy atom. The lowest BCUT2D eigenvalue weighted by Gasteiger charge is -2.22. The van der Waals surface area contributed by atoms with Crippen LogP contribution in [0, 0.1) is 0 Å². The number of ether oxygens (including phenoxy) is 2. The fourth-order valence-electron chi connectivity index (χ4n) is 4.53. The van der Waals surface area contributed by atoms with Gasteiger partial charge in [0.1, 0.15) is 0 Å². The van der Waals surface area contributed by atoms with Gasteiger partial charge in [-0.2, -0.15) is 5.10 Å². The Kier molecular flexibility index (Phi) is 6.91. The molecule has 33 heavy (non-hydrogen) atoms. The summed E-state index contributed by atoms with van der Waals surface area (Å²) in [5, 5.41) is 7.01. The predicted octanol–water partition coefficient (Wildman–Crippen LogP) is 6.58. The van der Waals surface area contributed by atoms with Gasteiger partial charge in [-0.15, -0.1) is 11.3 Å². The first kappa shape index (κ1) is 22.0. The van der Waals surface area contributed by atoms with Gasteiger partial charge in [0.05, 0.1) is 11.9 Å². The van der Waals surface area contributed by atoms with Crippen LogP contribution in [-0.4, -0.2) is 24.2 Å². The summed E-state index contributed by atoms with van der Waals surface area (Å²) in [6.07, 6.45) is 10.8. The highest BCUT2D eigenvalue weighted by atomic mass is 32.1. The summed E-state index contributed by atoms with van der Waals surface area (Å²) in [5.41, 5.74) is 4.68. The van der Waals surface area contributed by atoms with Crippen LogP contribution in [0.2, 0.25) is 0 Å². The Balaban J connectivity index is 1.45. The van der Waals surface area contributed by atoms with E-state index >= 15 is 0 Å². The van der Waals surface area contributed by atoms with Crippen molar-refractivity contribution in [2.75, 3.05) is 13.3 Å². The van der Waals surface area contributed by atoms with Gasteiger partial charge in [-0.25, -0.2) is 4.68 Å².